The van der Waals surface area contributed by atoms with Crippen LogP contribution in [0.5, 0.6) is 0 Å². The summed E-state index contributed by atoms with van der Waals surface area (Å²) >= 11 is 0. The van der Waals surface area contributed by atoms with Crippen molar-refractivity contribution in [2.45, 2.75) is 26.1 Å². The lowest BCUT2D eigenvalue weighted by molar-refractivity contribution is -0.137. The quantitative estimate of drug-likeness (QED) is 0.745. The van der Waals surface area contributed by atoms with Crippen molar-refractivity contribution in [3.8, 4) is 0 Å². The van der Waals surface area contributed by atoms with Crippen LogP contribution in [0.25, 0.3) is 0 Å². The van der Waals surface area contributed by atoms with Gasteiger partial charge >= 0.3 is 6.18 Å². The highest BCUT2D eigenvalue weighted by Crippen LogP contribution is 2.31. The average molecular weight is 203 g/mol. The van der Waals surface area contributed by atoms with Gasteiger partial charge in [-0.3, -0.25) is 0 Å². The van der Waals surface area contributed by atoms with Crippen molar-refractivity contribution in [2.24, 2.45) is 5.73 Å². The predicted octanol–water partition coefficient (Wildman–Crippen LogP) is 3.03. The van der Waals surface area contributed by atoms with Gasteiger partial charge < -0.3 is 5.73 Å². The highest BCUT2D eigenvalue weighted by Gasteiger charge is 2.30. The molecule has 1 aromatic carbocycles. The summed E-state index contributed by atoms with van der Waals surface area (Å²) in [4.78, 5) is 0. The molecule has 0 bridgehead atoms. The van der Waals surface area contributed by atoms with E-state index in [0.717, 1.165) is 17.7 Å². The van der Waals surface area contributed by atoms with E-state index in [0.29, 0.717) is 5.56 Å². The van der Waals surface area contributed by atoms with Gasteiger partial charge in [0.05, 0.1) is 5.56 Å². The van der Waals surface area contributed by atoms with Crippen molar-refractivity contribution >= 4 is 0 Å². The first kappa shape index (κ1) is 11.0. The van der Waals surface area contributed by atoms with Crippen molar-refractivity contribution in [1.82, 2.24) is 0 Å². The number of nitrogens with two attached hydrogens (primary N) is 1. The number of hydrogen-bond donors (Lipinski definition) is 1. The highest BCUT2D eigenvalue weighted by atomic mass is 19.4. The van der Waals surface area contributed by atoms with E-state index in [1.807, 2.05) is 0 Å². The predicted molar refractivity (Wildman–Crippen MR) is 48.8 cm³/mol. The zero-order valence-electron chi connectivity index (χ0n) is 8.02. The molecule has 78 valence electrons. The van der Waals surface area contributed by atoms with Crippen LogP contribution in [0.15, 0.2) is 18.2 Å². The van der Waals surface area contributed by atoms with Gasteiger partial charge in [-0.05, 0) is 37.1 Å². The monoisotopic (exact) mass is 203 g/mol. The van der Waals surface area contributed by atoms with Crippen molar-refractivity contribution < 1.29 is 13.2 Å². The van der Waals surface area contributed by atoms with E-state index in [4.69, 9.17) is 5.73 Å². The molecule has 0 saturated carbocycles. The SMILES string of the molecule is Cc1ccc(C(F)(F)F)cc1[C@@H](C)N. The van der Waals surface area contributed by atoms with Crippen LogP contribution in [0.1, 0.15) is 29.7 Å². The molecule has 1 rings (SSSR count). The van der Waals surface area contributed by atoms with E-state index in [1.54, 1.807) is 13.8 Å². The van der Waals surface area contributed by atoms with Gasteiger partial charge in [-0.15, -0.1) is 0 Å². The van der Waals surface area contributed by atoms with Gasteiger partial charge in [-0.2, -0.15) is 13.2 Å². The van der Waals surface area contributed by atoms with Crippen LogP contribution in [-0.4, -0.2) is 0 Å². The normalized spacial score (nSPS) is 14.1. The fraction of sp³-hybridized carbons (Fsp3) is 0.400. The molecular formula is C10H12F3N. The molecule has 1 aromatic rings. The lowest BCUT2D eigenvalue weighted by Crippen LogP contribution is -2.11. The number of rotatable bonds is 1. The van der Waals surface area contributed by atoms with Gasteiger partial charge in [0.1, 0.15) is 0 Å². The Morgan fingerprint density at radius 1 is 1.29 bits per heavy atom. The van der Waals surface area contributed by atoms with Crippen LogP contribution in [0.3, 0.4) is 0 Å². The minimum Gasteiger partial charge on any atom is -0.324 e. The van der Waals surface area contributed by atoms with Crippen molar-refractivity contribution in [2.75, 3.05) is 0 Å². The molecular weight excluding hydrogens is 191 g/mol. The first-order valence-corrected chi connectivity index (χ1v) is 4.25. The molecule has 14 heavy (non-hydrogen) atoms. The average Bonchev–Trinajstić information content (AvgIpc) is 2.02. The third kappa shape index (κ3) is 2.26. The first-order valence-electron chi connectivity index (χ1n) is 4.25. The van der Waals surface area contributed by atoms with Crippen molar-refractivity contribution in [3.63, 3.8) is 0 Å². The molecule has 0 unspecified atom stereocenters. The van der Waals surface area contributed by atoms with Gasteiger partial charge in [0.25, 0.3) is 0 Å². The molecule has 0 aliphatic rings. The zero-order valence-corrected chi connectivity index (χ0v) is 8.02. The van der Waals surface area contributed by atoms with Crippen LogP contribution in [0.2, 0.25) is 0 Å². The van der Waals surface area contributed by atoms with Gasteiger partial charge in [0.15, 0.2) is 0 Å². The van der Waals surface area contributed by atoms with Gasteiger partial charge in [0.2, 0.25) is 0 Å². The number of benzene rings is 1. The first-order chi connectivity index (χ1) is 6.32. The number of halogens is 3. The Balaban J connectivity index is 3.20. The fourth-order valence-corrected chi connectivity index (χ4v) is 1.31. The summed E-state index contributed by atoms with van der Waals surface area (Å²) in [6.45, 7) is 3.42. The summed E-state index contributed by atoms with van der Waals surface area (Å²) in [7, 11) is 0. The highest BCUT2D eigenvalue weighted by molar-refractivity contribution is 5.34. The maximum absolute atomic E-state index is 12.3. The molecule has 0 heterocycles. The summed E-state index contributed by atoms with van der Waals surface area (Å²) in [5, 5.41) is 0. The Morgan fingerprint density at radius 2 is 1.86 bits per heavy atom. The van der Waals surface area contributed by atoms with E-state index in [1.165, 1.54) is 6.07 Å². The maximum Gasteiger partial charge on any atom is 0.416 e. The number of alkyl halides is 3. The molecule has 0 amide bonds. The van der Waals surface area contributed by atoms with E-state index in [2.05, 4.69) is 0 Å². The van der Waals surface area contributed by atoms with E-state index in [9.17, 15) is 13.2 Å². The second-order valence-corrected chi connectivity index (χ2v) is 3.36. The molecule has 0 aliphatic heterocycles. The van der Waals surface area contributed by atoms with Crippen molar-refractivity contribution in [1.29, 1.82) is 0 Å². The summed E-state index contributed by atoms with van der Waals surface area (Å²) in [6.07, 6.45) is -4.29. The van der Waals surface area contributed by atoms with Crippen LogP contribution in [-0.2, 0) is 6.18 Å². The van der Waals surface area contributed by atoms with Gasteiger partial charge in [0, 0.05) is 6.04 Å². The molecule has 0 aliphatic carbocycles. The zero-order chi connectivity index (χ0) is 10.9. The van der Waals surface area contributed by atoms with Crippen LogP contribution >= 0.6 is 0 Å². The van der Waals surface area contributed by atoms with Crippen molar-refractivity contribution in [3.05, 3.63) is 34.9 Å². The Kier molecular flexibility index (Phi) is 2.85. The van der Waals surface area contributed by atoms with Gasteiger partial charge in [-0.1, -0.05) is 6.07 Å². The fourth-order valence-electron chi connectivity index (χ4n) is 1.31. The lowest BCUT2D eigenvalue weighted by atomic mass is 10.00. The van der Waals surface area contributed by atoms with E-state index >= 15 is 0 Å². The summed E-state index contributed by atoms with van der Waals surface area (Å²) in [5.41, 5.74) is 6.24. The minimum absolute atomic E-state index is 0.378. The molecule has 1 atom stereocenters. The Morgan fingerprint density at radius 3 is 2.29 bits per heavy atom. The number of aryl methyl sites for hydroxylation is 1. The molecule has 4 heteroatoms. The molecule has 2 N–H and O–H groups in total. The van der Waals surface area contributed by atoms with E-state index in [-0.39, 0.29) is 6.04 Å². The second-order valence-electron chi connectivity index (χ2n) is 3.36. The lowest BCUT2D eigenvalue weighted by Gasteiger charge is -2.13. The molecule has 0 radical (unpaired) electrons. The standard InChI is InChI=1S/C10H12F3N/c1-6-3-4-8(10(11,12)13)5-9(6)7(2)14/h3-5,7H,14H2,1-2H3/t7-/m1/s1. The summed E-state index contributed by atoms with van der Waals surface area (Å²) in [5.74, 6) is 0. The second kappa shape index (κ2) is 3.61. The third-order valence-corrected chi connectivity index (χ3v) is 2.10. The molecule has 0 spiro atoms. The minimum atomic E-state index is -4.29. The Labute approximate surface area is 80.7 Å². The van der Waals surface area contributed by atoms with E-state index < -0.39 is 11.7 Å². The Hall–Kier alpha value is -1.03. The largest absolute Gasteiger partial charge is 0.416 e. The molecule has 0 aromatic heterocycles. The maximum atomic E-state index is 12.3. The third-order valence-electron chi connectivity index (χ3n) is 2.10. The van der Waals surface area contributed by atoms with Gasteiger partial charge in [-0.25, -0.2) is 0 Å². The van der Waals surface area contributed by atoms with Crippen LogP contribution in [0.4, 0.5) is 13.2 Å². The molecule has 1 nitrogen and oxygen atoms in total. The molecule has 0 fully saturated rings. The smallest absolute Gasteiger partial charge is 0.324 e. The summed E-state index contributed by atoms with van der Waals surface area (Å²) < 4.78 is 37.0. The topological polar surface area (TPSA) is 26.0 Å². The summed E-state index contributed by atoms with van der Waals surface area (Å²) in [6, 6.07) is 3.25. The van der Waals surface area contributed by atoms with Crippen LogP contribution in [0, 0.1) is 6.92 Å². The molecule has 0 saturated heterocycles. The number of hydrogen-bond acceptors (Lipinski definition) is 1. The van der Waals surface area contributed by atoms with Crippen LogP contribution < -0.4 is 5.73 Å². The Bertz CT molecular complexity index is 329.